The van der Waals surface area contributed by atoms with Crippen molar-refractivity contribution in [2.75, 3.05) is 6.54 Å². The largest absolute Gasteiger partial charge is 0.457 e. The first kappa shape index (κ1) is 15.3. The summed E-state index contributed by atoms with van der Waals surface area (Å²) in [6.07, 6.45) is -5.26. The van der Waals surface area contributed by atoms with Gasteiger partial charge in [-0.3, -0.25) is 0 Å². The van der Waals surface area contributed by atoms with E-state index in [9.17, 15) is 18.3 Å². The van der Waals surface area contributed by atoms with Crippen LogP contribution in [0.2, 0.25) is 0 Å². The van der Waals surface area contributed by atoms with E-state index >= 15 is 0 Å². The smallest absolute Gasteiger partial charge is 0.416 e. The number of benzene rings is 2. The summed E-state index contributed by atoms with van der Waals surface area (Å²) in [6.45, 7) is 0.0486. The lowest BCUT2D eigenvalue weighted by Gasteiger charge is -2.12. The van der Waals surface area contributed by atoms with Crippen LogP contribution >= 0.6 is 0 Å². The molecule has 0 aliphatic carbocycles. The van der Waals surface area contributed by atoms with Gasteiger partial charge < -0.3 is 15.6 Å². The van der Waals surface area contributed by atoms with Crippen molar-refractivity contribution in [1.82, 2.24) is 0 Å². The van der Waals surface area contributed by atoms with Crippen LogP contribution < -0.4 is 10.5 Å². The second-order valence-corrected chi connectivity index (χ2v) is 4.45. The Balaban J connectivity index is 2.22. The molecule has 6 heteroatoms. The zero-order valence-corrected chi connectivity index (χ0v) is 11.0. The van der Waals surface area contributed by atoms with Crippen molar-refractivity contribution < 1.29 is 23.0 Å². The van der Waals surface area contributed by atoms with Crippen molar-refractivity contribution in [2.24, 2.45) is 5.73 Å². The monoisotopic (exact) mass is 297 g/mol. The SMILES string of the molecule is NCC(O)c1cccc(Oc2cccc(C(F)(F)F)c2)c1. The Morgan fingerprint density at radius 2 is 1.67 bits per heavy atom. The van der Waals surface area contributed by atoms with Gasteiger partial charge in [-0.15, -0.1) is 0 Å². The fourth-order valence-corrected chi connectivity index (χ4v) is 1.79. The van der Waals surface area contributed by atoms with Gasteiger partial charge in [-0.2, -0.15) is 13.2 Å². The molecule has 2 aromatic carbocycles. The van der Waals surface area contributed by atoms with Gasteiger partial charge in [-0.1, -0.05) is 18.2 Å². The summed E-state index contributed by atoms with van der Waals surface area (Å²) >= 11 is 0. The van der Waals surface area contributed by atoms with Crippen molar-refractivity contribution in [3.05, 3.63) is 59.7 Å². The van der Waals surface area contributed by atoms with Crippen LogP contribution in [0.15, 0.2) is 48.5 Å². The molecular weight excluding hydrogens is 283 g/mol. The zero-order valence-electron chi connectivity index (χ0n) is 11.0. The number of alkyl halides is 3. The van der Waals surface area contributed by atoms with Crippen LogP contribution in [0.3, 0.4) is 0 Å². The minimum atomic E-state index is -4.42. The molecule has 0 aromatic heterocycles. The van der Waals surface area contributed by atoms with Crippen LogP contribution in [0.5, 0.6) is 11.5 Å². The van der Waals surface area contributed by atoms with Gasteiger partial charge in [0, 0.05) is 6.54 Å². The van der Waals surface area contributed by atoms with E-state index < -0.39 is 17.8 Å². The van der Waals surface area contributed by atoms with Crippen LogP contribution in [-0.4, -0.2) is 11.7 Å². The van der Waals surface area contributed by atoms with E-state index in [1.807, 2.05) is 0 Å². The minimum absolute atomic E-state index is 0.0486. The van der Waals surface area contributed by atoms with E-state index in [1.54, 1.807) is 18.2 Å². The molecule has 0 spiro atoms. The van der Waals surface area contributed by atoms with Crippen LogP contribution in [0.25, 0.3) is 0 Å². The van der Waals surface area contributed by atoms with Crippen molar-refractivity contribution in [3.8, 4) is 11.5 Å². The van der Waals surface area contributed by atoms with Crippen molar-refractivity contribution in [2.45, 2.75) is 12.3 Å². The van der Waals surface area contributed by atoms with E-state index in [0.29, 0.717) is 11.3 Å². The number of hydrogen-bond donors (Lipinski definition) is 2. The van der Waals surface area contributed by atoms with Gasteiger partial charge in [0.25, 0.3) is 0 Å². The normalized spacial score (nSPS) is 13.0. The molecule has 0 radical (unpaired) electrons. The molecule has 1 unspecified atom stereocenters. The van der Waals surface area contributed by atoms with Crippen LogP contribution in [-0.2, 0) is 6.18 Å². The summed E-state index contributed by atoms with van der Waals surface area (Å²) in [4.78, 5) is 0. The highest BCUT2D eigenvalue weighted by atomic mass is 19.4. The molecule has 2 rings (SSSR count). The van der Waals surface area contributed by atoms with E-state index in [-0.39, 0.29) is 12.3 Å². The third-order valence-corrected chi connectivity index (χ3v) is 2.86. The van der Waals surface area contributed by atoms with Gasteiger partial charge in [-0.05, 0) is 35.9 Å². The number of aliphatic hydroxyl groups is 1. The third-order valence-electron chi connectivity index (χ3n) is 2.86. The van der Waals surface area contributed by atoms with Gasteiger partial charge in [0.05, 0.1) is 11.7 Å². The maximum absolute atomic E-state index is 12.6. The van der Waals surface area contributed by atoms with Crippen LogP contribution in [0, 0.1) is 0 Å². The number of hydrogen-bond acceptors (Lipinski definition) is 3. The lowest BCUT2D eigenvalue weighted by Crippen LogP contribution is -2.11. The Morgan fingerprint density at radius 1 is 1.05 bits per heavy atom. The Bertz CT molecular complexity index is 614. The Kier molecular flexibility index (Phi) is 4.50. The number of rotatable bonds is 4. The molecule has 0 aliphatic heterocycles. The van der Waals surface area contributed by atoms with Gasteiger partial charge in [0.1, 0.15) is 11.5 Å². The number of ether oxygens (including phenoxy) is 1. The molecule has 0 amide bonds. The highest BCUT2D eigenvalue weighted by molar-refractivity contribution is 5.37. The molecule has 112 valence electrons. The molecule has 3 N–H and O–H groups in total. The van der Waals surface area contributed by atoms with E-state index in [4.69, 9.17) is 10.5 Å². The highest BCUT2D eigenvalue weighted by Gasteiger charge is 2.30. The Labute approximate surface area is 119 Å². The predicted molar refractivity (Wildman–Crippen MR) is 72.0 cm³/mol. The molecule has 0 saturated carbocycles. The van der Waals surface area contributed by atoms with E-state index in [0.717, 1.165) is 12.1 Å². The fraction of sp³-hybridized carbons (Fsp3) is 0.200. The van der Waals surface area contributed by atoms with Crippen molar-refractivity contribution in [3.63, 3.8) is 0 Å². The average Bonchev–Trinajstić information content (AvgIpc) is 2.46. The summed E-state index contributed by atoms with van der Waals surface area (Å²) < 4.78 is 43.3. The second kappa shape index (κ2) is 6.15. The van der Waals surface area contributed by atoms with E-state index in [2.05, 4.69) is 0 Å². The molecule has 0 saturated heterocycles. The number of aliphatic hydroxyl groups excluding tert-OH is 1. The van der Waals surface area contributed by atoms with Gasteiger partial charge in [0.2, 0.25) is 0 Å². The summed E-state index contributed by atoms with van der Waals surface area (Å²) in [5.74, 6) is 0.406. The first-order valence-corrected chi connectivity index (χ1v) is 6.23. The van der Waals surface area contributed by atoms with Gasteiger partial charge >= 0.3 is 6.18 Å². The van der Waals surface area contributed by atoms with E-state index in [1.165, 1.54) is 18.2 Å². The van der Waals surface area contributed by atoms with Gasteiger partial charge in [-0.25, -0.2) is 0 Å². The molecule has 0 bridgehead atoms. The van der Waals surface area contributed by atoms with Crippen LogP contribution in [0.4, 0.5) is 13.2 Å². The summed E-state index contributed by atoms with van der Waals surface area (Å²) in [6, 6.07) is 11.0. The molecule has 0 heterocycles. The molecular formula is C15H14F3NO2. The average molecular weight is 297 g/mol. The number of halogens is 3. The van der Waals surface area contributed by atoms with Crippen LogP contribution in [0.1, 0.15) is 17.2 Å². The predicted octanol–water partition coefficient (Wildman–Crippen LogP) is 3.49. The Hall–Kier alpha value is -2.05. The van der Waals surface area contributed by atoms with Gasteiger partial charge in [0.15, 0.2) is 0 Å². The summed E-state index contributed by atoms with van der Waals surface area (Å²) in [5, 5.41) is 9.64. The summed E-state index contributed by atoms with van der Waals surface area (Å²) in [7, 11) is 0. The molecule has 0 fully saturated rings. The molecule has 3 nitrogen and oxygen atoms in total. The van der Waals surface area contributed by atoms with Crippen molar-refractivity contribution in [1.29, 1.82) is 0 Å². The first-order chi connectivity index (χ1) is 9.90. The maximum atomic E-state index is 12.6. The minimum Gasteiger partial charge on any atom is -0.457 e. The molecule has 2 aromatic rings. The van der Waals surface area contributed by atoms with Crippen molar-refractivity contribution >= 4 is 0 Å². The Morgan fingerprint density at radius 3 is 2.29 bits per heavy atom. The zero-order chi connectivity index (χ0) is 15.5. The summed E-state index contributed by atoms with van der Waals surface area (Å²) in [5.41, 5.74) is 5.12. The molecule has 1 atom stereocenters. The quantitative estimate of drug-likeness (QED) is 0.908. The lowest BCUT2D eigenvalue weighted by atomic mass is 10.1. The first-order valence-electron chi connectivity index (χ1n) is 6.23. The third kappa shape index (κ3) is 3.96. The lowest BCUT2D eigenvalue weighted by molar-refractivity contribution is -0.137. The second-order valence-electron chi connectivity index (χ2n) is 4.45. The standard InChI is InChI=1S/C15H14F3NO2/c16-15(17,18)11-4-2-6-13(8-11)21-12-5-1-3-10(7-12)14(20)9-19/h1-8,14,20H,9,19H2. The molecule has 0 aliphatic rings. The highest BCUT2D eigenvalue weighted by Crippen LogP contribution is 2.33. The number of nitrogens with two attached hydrogens (primary N) is 1. The maximum Gasteiger partial charge on any atom is 0.416 e. The molecule has 21 heavy (non-hydrogen) atoms. The fourth-order valence-electron chi connectivity index (χ4n) is 1.79. The topological polar surface area (TPSA) is 55.5 Å².